The van der Waals surface area contributed by atoms with Gasteiger partial charge in [-0.05, 0) is 28.8 Å². The van der Waals surface area contributed by atoms with Gasteiger partial charge in [-0.3, -0.25) is 4.79 Å². The lowest BCUT2D eigenvalue weighted by molar-refractivity contribution is -0.122. The van der Waals surface area contributed by atoms with E-state index in [0.717, 1.165) is 27.6 Å². The van der Waals surface area contributed by atoms with Gasteiger partial charge in [0.15, 0.2) is 0 Å². The number of carbonyl (C=O) groups excluding carboxylic acids is 2. The van der Waals surface area contributed by atoms with Gasteiger partial charge < -0.3 is 21.4 Å². The normalized spacial score (nSPS) is 12.8. The Morgan fingerprint density at radius 2 is 1.61 bits per heavy atom. The summed E-state index contributed by atoms with van der Waals surface area (Å²) < 4.78 is 0. The van der Waals surface area contributed by atoms with E-state index >= 15 is 0 Å². The molecule has 0 saturated heterocycles. The SMILES string of the molecule is NC(=O)N[C@H](Cc1ccccc1)C(=O)NC[C@@H](c1ccccc1Cl)c1c[nH]c2ccccc12. The zero-order valence-corrected chi connectivity index (χ0v) is 18.7. The minimum Gasteiger partial charge on any atom is -0.361 e. The van der Waals surface area contributed by atoms with Crippen LogP contribution in [-0.4, -0.2) is 29.5 Å². The van der Waals surface area contributed by atoms with Crippen LogP contribution in [0.25, 0.3) is 10.9 Å². The Bertz CT molecular complexity index is 1260. The van der Waals surface area contributed by atoms with E-state index in [9.17, 15) is 9.59 Å². The number of nitrogens with two attached hydrogens (primary N) is 1. The smallest absolute Gasteiger partial charge is 0.312 e. The molecule has 3 aromatic carbocycles. The van der Waals surface area contributed by atoms with E-state index in [4.69, 9.17) is 17.3 Å². The summed E-state index contributed by atoms with van der Waals surface area (Å²) in [5.41, 5.74) is 9.21. The first-order chi connectivity index (χ1) is 16.0. The summed E-state index contributed by atoms with van der Waals surface area (Å²) in [6.45, 7) is 0.302. The largest absolute Gasteiger partial charge is 0.361 e. The van der Waals surface area contributed by atoms with Gasteiger partial charge in [0.2, 0.25) is 5.91 Å². The topological polar surface area (TPSA) is 100 Å². The van der Waals surface area contributed by atoms with Gasteiger partial charge in [-0.1, -0.05) is 78.3 Å². The molecule has 0 fully saturated rings. The molecule has 0 aliphatic carbocycles. The number of benzene rings is 3. The summed E-state index contributed by atoms with van der Waals surface area (Å²) in [5, 5.41) is 7.25. The highest BCUT2D eigenvalue weighted by molar-refractivity contribution is 6.31. The molecule has 0 aliphatic rings. The number of nitrogens with one attached hydrogen (secondary N) is 3. The maximum absolute atomic E-state index is 13.1. The van der Waals surface area contributed by atoms with E-state index in [2.05, 4.69) is 15.6 Å². The van der Waals surface area contributed by atoms with Gasteiger partial charge in [0.05, 0.1) is 0 Å². The van der Waals surface area contributed by atoms with E-state index in [1.165, 1.54) is 0 Å². The number of fused-ring (bicyclic) bond motifs is 1. The van der Waals surface area contributed by atoms with Gasteiger partial charge in [-0.2, -0.15) is 0 Å². The molecule has 33 heavy (non-hydrogen) atoms. The van der Waals surface area contributed by atoms with Crippen LogP contribution in [0.1, 0.15) is 22.6 Å². The lowest BCUT2D eigenvalue weighted by atomic mass is 9.90. The number of para-hydroxylation sites is 1. The number of primary amides is 1. The van der Waals surface area contributed by atoms with Crippen LogP contribution in [0.3, 0.4) is 0 Å². The van der Waals surface area contributed by atoms with E-state index in [1.807, 2.05) is 85.1 Å². The van der Waals surface area contributed by atoms with Crippen LogP contribution in [0.2, 0.25) is 5.02 Å². The zero-order chi connectivity index (χ0) is 23.2. The maximum Gasteiger partial charge on any atom is 0.312 e. The highest BCUT2D eigenvalue weighted by atomic mass is 35.5. The molecule has 4 aromatic rings. The molecule has 168 valence electrons. The van der Waals surface area contributed by atoms with Crippen LogP contribution >= 0.6 is 11.6 Å². The molecule has 2 atom stereocenters. The van der Waals surface area contributed by atoms with Crippen LogP contribution in [0.5, 0.6) is 0 Å². The van der Waals surface area contributed by atoms with Gasteiger partial charge in [0, 0.05) is 41.0 Å². The summed E-state index contributed by atoms with van der Waals surface area (Å²) in [6.07, 6.45) is 2.29. The molecular weight excluding hydrogens is 436 g/mol. The molecule has 6 nitrogen and oxygen atoms in total. The standard InChI is InChI=1S/C26H25ClN4O2/c27-22-12-6-4-10-18(22)20(21-15-29-23-13-7-5-11-19(21)23)16-30-25(32)24(31-26(28)33)14-17-8-2-1-3-9-17/h1-13,15,20,24,29H,14,16H2,(H,30,32)(H3,28,31,33)/t20-,24+/m0/s1. The number of amides is 3. The molecule has 5 N–H and O–H groups in total. The number of hydrogen-bond acceptors (Lipinski definition) is 2. The van der Waals surface area contributed by atoms with E-state index in [1.54, 1.807) is 0 Å². The van der Waals surface area contributed by atoms with Crippen LogP contribution in [0.4, 0.5) is 4.79 Å². The highest BCUT2D eigenvalue weighted by Gasteiger charge is 2.24. The van der Waals surface area contributed by atoms with Crippen molar-refractivity contribution in [2.45, 2.75) is 18.4 Å². The Morgan fingerprint density at radius 3 is 2.36 bits per heavy atom. The number of urea groups is 1. The predicted molar refractivity (Wildman–Crippen MR) is 131 cm³/mol. The van der Waals surface area contributed by atoms with Gasteiger partial charge in [0.25, 0.3) is 0 Å². The van der Waals surface area contributed by atoms with Gasteiger partial charge in [-0.15, -0.1) is 0 Å². The molecular formula is C26H25ClN4O2. The lowest BCUT2D eigenvalue weighted by Gasteiger charge is -2.22. The Balaban J connectivity index is 1.60. The number of halogens is 1. The van der Waals surface area contributed by atoms with Crippen molar-refractivity contribution in [3.05, 3.63) is 107 Å². The van der Waals surface area contributed by atoms with E-state index in [-0.39, 0.29) is 11.8 Å². The first kappa shape index (κ1) is 22.4. The van der Waals surface area contributed by atoms with Crippen molar-refractivity contribution >= 4 is 34.4 Å². The van der Waals surface area contributed by atoms with Crippen molar-refractivity contribution in [3.63, 3.8) is 0 Å². The van der Waals surface area contributed by atoms with Crippen LogP contribution in [-0.2, 0) is 11.2 Å². The zero-order valence-electron chi connectivity index (χ0n) is 17.9. The van der Waals surface area contributed by atoms with Crippen molar-refractivity contribution in [2.24, 2.45) is 5.73 Å². The number of aromatic nitrogens is 1. The van der Waals surface area contributed by atoms with Crippen molar-refractivity contribution in [3.8, 4) is 0 Å². The van der Waals surface area contributed by atoms with Gasteiger partial charge in [0.1, 0.15) is 6.04 Å². The first-order valence-corrected chi connectivity index (χ1v) is 11.1. The third-order valence-corrected chi connectivity index (χ3v) is 6.02. The van der Waals surface area contributed by atoms with Crippen LogP contribution in [0.15, 0.2) is 85.1 Å². The van der Waals surface area contributed by atoms with Crippen molar-refractivity contribution < 1.29 is 9.59 Å². The van der Waals surface area contributed by atoms with E-state index in [0.29, 0.717) is 18.0 Å². The Hall–Kier alpha value is -3.77. The quantitative estimate of drug-likeness (QED) is 0.314. The fourth-order valence-electron chi connectivity index (χ4n) is 4.08. The molecule has 4 rings (SSSR count). The summed E-state index contributed by atoms with van der Waals surface area (Å²) in [6, 6.07) is 23.6. The number of carbonyl (C=O) groups is 2. The number of aromatic amines is 1. The predicted octanol–water partition coefficient (Wildman–Crippen LogP) is 4.35. The average molecular weight is 461 g/mol. The monoisotopic (exact) mass is 460 g/mol. The third kappa shape index (κ3) is 5.35. The summed E-state index contributed by atoms with van der Waals surface area (Å²) >= 11 is 6.54. The molecule has 7 heteroatoms. The van der Waals surface area contributed by atoms with Gasteiger partial charge >= 0.3 is 6.03 Å². The first-order valence-electron chi connectivity index (χ1n) is 10.7. The van der Waals surface area contributed by atoms with Crippen molar-refractivity contribution in [1.82, 2.24) is 15.6 Å². The Kier molecular flexibility index (Phi) is 6.95. The fourth-order valence-corrected chi connectivity index (χ4v) is 4.35. The molecule has 0 spiro atoms. The van der Waals surface area contributed by atoms with Crippen molar-refractivity contribution in [1.29, 1.82) is 0 Å². The van der Waals surface area contributed by atoms with Gasteiger partial charge in [-0.25, -0.2) is 4.79 Å². The number of H-pyrrole nitrogens is 1. The third-order valence-electron chi connectivity index (χ3n) is 5.67. The molecule has 1 heterocycles. The molecule has 0 radical (unpaired) electrons. The second-order valence-electron chi connectivity index (χ2n) is 7.86. The minimum atomic E-state index is -0.792. The molecule has 0 unspecified atom stereocenters. The van der Waals surface area contributed by atoms with Crippen molar-refractivity contribution in [2.75, 3.05) is 6.54 Å². The summed E-state index contributed by atoms with van der Waals surface area (Å²) in [4.78, 5) is 28.0. The highest BCUT2D eigenvalue weighted by Crippen LogP contribution is 2.34. The Labute approximate surface area is 197 Å². The number of hydrogen-bond donors (Lipinski definition) is 4. The fraction of sp³-hybridized carbons (Fsp3) is 0.154. The maximum atomic E-state index is 13.1. The molecule has 0 saturated carbocycles. The van der Waals surface area contributed by atoms with Crippen LogP contribution in [0, 0.1) is 0 Å². The van der Waals surface area contributed by atoms with E-state index < -0.39 is 12.1 Å². The molecule has 3 amide bonds. The van der Waals surface area contributed by atoms with Crippen LogP contribution < -0.4 is 16.4 Å². The number of rotatable bonds is 8. The molecule has 0 aliphatic heterocycles. The summed E-state index contributed by atoms with van der Waals surface area (Å²) in [7, 11) is 0. The minimum absolute atomic E-state index is 0.190. The average Bonchev–Trinajstić information content (AvgIpc) is 3.24. The summed E-state index contributed by atoms with van der Waals surface area (Å²) in [5.74, 6) is -0.501. The second kappa shape index (κ2) is 10.2. The lowest BCUT2D eigenvalue weighted by Crippen LogP contribution is -2.50. The molecule has 1 aromatic heterocycles. The second-order valence-corrected chi connectivity index (χ2v) is 8.27. The Morgan fingerprint density at radius 1 is 0.909 bits per heavy atom. The molecule has 0 bridgehead atoms.